The van der Waals surface area contributed by atoms with Gasteiger partial charge in [0.25, 0.3) is 0 Å². The van der Waals surface area contributed by atoms with Crippen LogP contribution in [0.2, 0.25) is 0 Å². The maximum Gasteiger partial charge on any atom is 0.329 e. The van der Waals surface area contributed by atoms with Gasteiger partial charge in [0.15, 0.2) is 0 Å². The molecule has 1 aliphatic rings. The summed E-state index contributed by atoms with van der Waals surface area (Å²) in [5.41, 5.74) is 1.75. The monoisotopic (exact) mass is 567 g/mol. The Kier molecular flexibility index (Phi) is 8.06. The summed E-state index contributed by atoms with van der Waals surface area (Å²) in [5.74, 6) is -2.75. The predicted octanol–water partition coefficient (Wildman–Crippen LogP) is 6.11. The van der Waals surface area contributed by atoms with Crippen molar-refractivity contribution in [2.75, 3.05) is 13.2 Å². The highest BCUT2D eigenvalue weighted by Crippen LogP contribution is 2.43. The van der Waals surface area contributed by atoms with Gasteiger partial charge >= 0.3 is 5.97 Å². The molecular formula is C31H32F3N3O4. The fourth-order valence-corrected chi connectivity index (χ4v) is 5.54. The molecule has 0 fully saturated rings. The van der Waals surface area contributed by atoms with E-state index >= 15 is 8.78 Å². The second-order valence-corrected chi connectivity index (χ2v) is 11.0. The van der Waals surface area contributed by atoms with Crippen LogP contribution in [-0.4, -0.2) is 50.8 Å². The van der Waals surface area contributed by atoms with E-state index in [1.807, 2.05) is 36.1 Å². The molecule has 2 N–H and O–H groups in total. The van der Waals surface area contributed by atoms with Crippen LogP contribution >= 0.6 is 0 Å². The van der Waals surface area contributed by atoms with Crippen LogP contribution < -0.4 is 4.74 Å². The first kappa shape index (κ1) is 28.6. The fraction of sp³-hybridized carbons (Fsp3) is 0.355. The third-order valence-electron chi connectivity index (χ3n) is 7.25. The average molecular weight is 568 g/mol. The number of aromatic nitrogens is 2. The standard InChI is InChI=1S/C31H32F3N3O4/c1-18-11-22-21-8-4-5-9-25(21)36-29(22)30(37(18)17-31(2,3)34)28-23(32)12-20(13-24(28)33)41-15-26-19(7-6-10-35-26)14-40-16-27(38)39/h4-10,12-13,18,30,36H,11,14-17H2,1-3H3,(H,38,39)/t18-,30-/m1/s1. The molecule has 0 radical (unpaired) electrons. The van der Waals surface area contributed by atoms with E-state index < -0.39 is 35.9 Å². The summed E-state index contributed by atoms with van der Waals surface area (Å²) < 4.78 is 57.6. The van der Waals surface area contributed by atoms with Crippen molar-refractivity contribution < 1.29 is 32.5 Å². The van der Waals surface area contributed by atoms with Crippen molar-refractivity contribution in [2.45, 2.75) is 58.2 Å². The first-order valence-corrected chi connectivity index (χ1v) is 13.4. The van der Waals surface area contributed by atoms with Gasteiger partial charge < -0.3 is 19.6 Å². The van der Waals surface area contributed by atoms with E-state index in [0.29, 0.717) is 23.4 Å². The predicted molar refractivity (Wildman–Crippen MR) is 147 cm³/mol. The van der Waals surface area contributed by atoms with Gasteiger partial charge in [0.1, 0.15) is 36.3 Å². The summed E-state index contributed by atoms with van der Waals surface area (Å²) in [5, 5.41) is 9.78. The number of hydrogen-bond acceptors (Lipinski definition) is 5. The first-order chi connectivity index (χ1) is 19.5. The molecule has 0 aliphatic carbocycles. The van der Waals surface area contributed by atoms with Crippen molar-refractivity contribution >= 4 is 16.9 Å². The van der Waals surface area contributed by atoms with Gasteiger partial charge in [0.2, 0.25) is 0 Å². The van der Waals surface area contributed by atoms with E-state index in [-0.39, 0.29) is 37.1 Å². The van der Waals surface area contributed by atoms with Crippen LogP contribution in [0.3, 0.4) is 0 Å². The molecule has 2 aromatic carbocycles. The smallest absolute Gasteiger partial charge is 0.329 e. The molecule has 3 heterocycles. The second kappa shape index (κ2) is 11.5. The molecule has 0 bridgehead atoms. The number of hydrogen-bond donors (Lipinski definition) is 2. The number of fused-ring (bicyclic) bond motifs is 3. The lowest BCUT2D eigenvalue weighted by atomic mass is 9.87. The zero-order chi connectivity index (χ0) is 29.3. The summed E-state index contributed by atoms with van der Waals surface area (Å²) in [6.45, 7) is 4.26. The molecule has 2 atom stereocenters. The van der Waals surface area contributed by atoms with Gasteiger partial charge in [-0.05, 0) is 44.9 Å². The number of para-hydroxylation sites is 1. The Morgan fingerprint density at radius 2 is 1.88 bits per heavy atom. The van der Waals surface area contributed by atoms with Crippen LogP contribution in [0.25, 0.3) is 10.9 Å². The Hall–Kier alpha value is -3.89. The zero-order valence-corrected chi connectivity index (χ0v) is 23.1. The number of pyridine rings is 1. The molecular weight excluding hydrogens is 535 g/mol. The van der Waals surface area contributed by atoms with E-state index in [2.05, 4.69) is 9.97 Å². The minimum absolute atomic E-state index is 0.00601. The van der Waals surface area contributed by atoms with Gasteiger partial charge in [-0.3, -0.25) is 9.88 Å². The number of H-pyrrole nitrogens is 1. The van der Waals surface area contributed by atoms with E-state index in [1.165, 1.54) is 20.0 Å². The normalized spacial score (nSPS) is 17.5. The van der Waals surface area contributed by atoms with Crippen LogP contribution in [0.5, 0.6) is 5.75 Å². The molecule has 0 spiro atoms. The van der Waals surface area contributed by atoms with Gasteiger partial charge in [0, 0.05) is 58.6 Å². The topological polar surface area (TPSA) is 87.7 Å². The third kappa shape index (κ3) is 6.23. The summed E-state index contributed by atoms with van der Waals surface area (Å²) in [7, 11) is 0. The molecule has 7 nitrogen and oxygen atoms in total. The molecule has 41 heavy (non-hydrogen) atoms. The van der Waals surface area contributed by atoms with Crippen molar-refractivity contribution in [3.63, 3.8) is 0 Å². The fourth-order valence-electron chi connectivity index (χ4n) is 5.54. The van der Waals surface area contributed by atoms with Crippen molar-refractivity contribution in [3.8, 4) is 5.75 Å². The molecule has 4 aromatic rings. The lowest BCUT2D eigenvalue weighted by Crippen LogP contribution is -2.48. The van der Waals surface area contributed by atoms with Gasteiger partial charge in [-0.25, -0.2) is 18.0 Å². The molecule has 2 aromatic heterocycles. The van der Waals surface area contributed by atoms with Gasteiger partial charge in [-0.15, -0.1) is 0 Å². The Balaban J connectivity index is 1.47. The average Bonchev–Trinajstić information content (AvgIpc) is 3.26. The maximum atomic E-state index is 15.9. The number of carboxylic acid groups (broad SMARTS) is 1. The number of nitrogens with one attached hydrogen (secondary N) is 1. The Labute approximate surface area is 235 Å². The molecule has 1 aliphatic heterocycles. The number of halogens is 3. The zero-order valence-electron chi connectivity index (χ0n) is 23.1. The Morgan fingerprint density at radius 1 is 1.15 bits per heavy atom. The van der Waals surface area contributed by atoms with Gasteiger partial charge in [0.05, 0.1) is 18.3 Å². The SMILES string of the molecule is C[C@@H]1Cc2c([nH]c3ccccc23)[C@@H](c2c(F)cc(OCc3ncccc3COCC(=O)O)cc2F)N1CC(C)(C)F. The number of carboxylic acids is 1. The Morgan fingerprint density at radius 3 is 2.59 bits per heavy atom. The number of aromatic amines is 1. The number of ether oxygens (including phenoxy) is 2. The molecule has 216 valence electrons. The highest BCUT2D eigenvalue weighted by molar-refractivity contribution is 5.85. The summed E-state index contributed by atoms with van der Waals surface area (Å²) in [4.78, 5) is 20.2. The van der Waals surface area contributed by atoms with E-state index in [0.717, 1.165) is 28.6 Å². The number of carbonyl (C=O) groups is 1. The highest BCUT2D eigenvalue weighted by atomic mass is 19.1. The van der Waals surface area contributed by atoms with Crippen LogP contribution in [-0.2, 0) is 29.2 Å². The van der Waals surface area contributed by atoms with Gasteiger partial charge in [-0.1, -0.05) is 24.3 Å². The van der Waals surface area contributed by atoms with Crippen molar-refractivity contribution in [1.82, 2.24) is 14.9 Å². The Bertz CT molecular complexity index is 1540. The van der Waals surface area contributed by atoms with Crippen molar-refractivity contribution in [2.24, 2.45) is 0 Å². The van der Waals surface area contributed by atoms with Gasteiger partial charge in [-0.2, -0.15) is 0 Å². The minimum atomic E-state index is -1.60. The summed E-state index contributed by atoms with van der Waals surface area (Å²) in [6.07, 6.45) is 2.14. The van der Waals surface area contributed by atoms with Crippen molar-refractivity contribution in [3.05, 3.63) is 94.4 Å². The van der Waals surface area contributed by atoms with Crippen LogP contribution in [0.1, 0.15) is 54.9 Å². The number of alkyl halides is 1. The lowest BCUT2D eigenvalue weighted by molar-refractivity contribution is -0.142. The number of aliphatic carboxylic acids is 1. The third-order valence-corrected chi connectivity index (χ3v) is 7.25. The van der Waals surface area contributed by atoms with Crippen molar-refractivity contribution in [1.29, 1.82) is 0 Å². The van der Waals surface area contributed by atoms with E-state index in [9.17, 15) is 9.18 Å². The van der Waals surface area contributed by atoms with E-state index in [1.54, 1.807) is 12.1 Å². The second-order valence-electron chi connectivity index (χ2n) is 11.0. The number of nitrogens with zero attached hydrogens (tertiary/aromatic N) is 2. The maximum absolute atomic E-state index is 15.9. The molecule has 5 rings (SSSR count). The molecule has 0 saturated carbocycles. The molecule has 0 saturated heterocycles. The van der Waals surface area contributed by atoms with E-state index in [4.69, 9.17) is 14.6 Å². The first-order valence-electron chi connectivity index (χ1n) is 13.4. The van der Waals surface area contributed by atoms with Crippen LogP contribution in [0, 0.1) is 11.6 Å². The number of benzene rings is 2. The largest absolute Gasteiger partial charge is 0.487 e. The highest BCUT2D eigenvalue weighted by Gasteiger charge is 2.41. The summed E-state index contributed by atoms with van der Waals surface area (Å²) in [6, 6.07) is 12.3. The molecule has 0 unspecified atom stereocenters. The minimum Gasteiger partial charge on any atom is -0.487 e. The molecule has 0 amide bonds. The lowest BCUT2D eigenvalue weighted by Gasteiger charge is -2.43. The molecule has 10 heteroatoms. The summed E-state index contributed by atoms with van der Waals surface area (Å²) >= 11 is 0. The quantitative estimate of drug-likeness (QED) is 0.241. The van der Waals surface area contributed by atoms with Crippen LogP contribution in [0.15, 0.2) is 54.7 Å². The number of rotatable bonds is 10. The van der Waals surface area contributed by atoms with Crippen LogP contribution in [0.4, 0.5) is 13.2 Å².